The summed E-state index contributed by atoms with van der Waals surface area (Å²) >= 11 is 0. The second kappa shape index (κ2) is 7.93. The van der Waals surface area contributed by atoms with Crippen molar-refractivity contribution in [3.8, 4) is 28.5 Å². The van der Waals surface area contributed by atoms with Gasteiger partial charge >= 0.3 is 0 Å². The molecule has 6 N–H and O–H groups in total. The molecule has 2 aromatic carbocycles. The van der Waals surface area contributed by atoms with Crippen molar-refractivity contribution in [2.45, 2.75) is 12.8 Å². The van der Waals surface area contributed by atoms with Crippen LogP contribution in [0, 0.1) is 0 Å². The van der Waals surface area contributed by atoms with Crippen LogP contribution in [-0.2, 0) is 12.8 Å². The van der Waals surface area contributed by atoms with Crippen LogP contribution < -0.4 is 5.32 Å². The number of aromatic hydroxyl groups is 3. The Hall–Kier alpha value is -3.16. The van der Waals surface area contributed by atoms with E-state index in [1.807, 2.05) is 50.4 Å². The van der Waals surface area contributed by atoms with Gasteiger partial charge in [0.05, 0.1) is 5.52 Å². The first-order chi connectivity index (χ1) is 14.4. The zero-order chi connectivity index (χ0) is 21.4. The van der Waals surface area contributed by atoms with Crippen LogP contribution in [0.4, 0.5) is 0 Å². The fraction of sp³-hybridized carbons (Fsp3) is 0.304. The minimum atomic E-state index is 0.0685. The Labute approximate surface area is 175 Å². The van der Waals surface area contributed by atoms with Gasteiger partial charge in [-0.15, -0.1) is 0 Å². The van der Waals surface area contributed by atoms with Gasteiger partial charge in [0.15, 0.2) is 5.88 Å². The van der Waals surface area contributed by atoms with Crippen molar-refractivity contribution in [3.63, 3.8) is 0 Å². The average Bonchev–Trinajstić information content (AvgIpc) is 3.25. The van der Waals surface area contributed by atoms with Gasteiger partial charge in [0.1, 0.15) is 11.5 Å². The fourth-order valence-electron chi connectivity index (χ4n) is 4.06. The third kappa shape index (κ3) is 3.46. The van der Waals surface area contributed by atoms with Gasteiger partial charge in [-0.1, -0.05) is 0 Å². The number of benzene rings is 2. The predicted molar refractivity (Wildman–Crippen MR) is 120 cm³/mol. The van der Waals surface area contributed by atoms with Crippen molar-refractivity contribution in [2.75, 3.05) is 34.2 Å². The van der Waals surface area contributed by atoms with E-state index in [-0.39, 0.29) is 17.4 Å². The molecular weight excluding hydrogens is 380 g/mol. The summed E-state index contributed by atoms with van der Waals surface area (Å²) < 4.78 is 0. The van der Waals surface area contributed by atoms with Crippen molar-refractivity contribution >= 4 is 21.8 Å². The molecule has 158 valence electrons. The molecule has 7 nitrogen and oxygen atoms in total. The Balaban J connectivity index is 1.82. The van der Waals surface area contributed by atoms with Crippen LogP contribution in [0.25, 0.3) is 32.9 Å². The molecule has 4 aromatic rings. The lowest BCUT2D eigenvalue weighted by Crippen LogP contribution is -2.14. The second-order valence-corrected chi connectivity index (χ2v) is 7.98. The maximum Gasteiger partial charge on any atom is 0.192 e. The number of rotatable bonds is 7. The van der Waals surface area contributed by atoms with E-state index >= 15 is 0 Å². The molecule has 0 spiro atoms. The first-order valence-electron chi connectivity index (χ1n) is 10.1. The van der Waals surface area contributed by atoms with Gasteiger partial charge in [0.2, 0.25) is 0 Å². The molecule has 0 saturated heterocycles. The molecule has 2 heterocycles. The molecule has 0 unspecified atom stereocenters. The van der Waals surface area contributed by atoms with Crippen molar-refractivity contribution in [1.29, 1.82) is 0 Å². The van der Waals surface area contributed by atoms with Gasteiger partial charge in [0.25, 0.3) is 0 Å². The van der Waals surface area contributed by atoms with Crippen LogP contribution in [0.15, 0.2) is 30.5 Å². The minimum absolute atomic E-state index is 0.0685. The van der Waals surface area contributed by atoms with E-state index in [9.17, 15) is 15.3 Å². The Morgan fingerprint density at radius 1 is 1.00 bits per heavy atom. The van der Waals surface area contributed by atoms with Crippen molar-refractivity contribution in [3.05, 3.63) is 41.6 Å². The summed E-state index contributed by atoms with van der Waals surface area (Å²) in [5.74, 6) is 0.331. The lowest BCUT2D eigenvalue weighted by atomic mass is 9.98. The first kappa shape index (κ1) is 20.1. The molecule has 0 aliphatic carbocycles. The molecule has 0 aliphatic heterocycles. The van der Waals surface area contributed by atoms with E-state index in [0.29, 0.717) is 34.0 Å². The zero-order valence-electron chi connectivity index (χ0n) is 17.5. The van der Waals surface area contributed by atoms with Gasteiger partial charge < -0.3 is 35.5 Å². The fourth-order valence-corrected chi connectivity index (χ4v) is 4.06. The number of H-pyrrole nitrogens is 2. The van der Waals surface area contributed by atoms with E-state index < -0.39 is 0 Å². The number of phenolic OH excluding ortho intramolecular Hbond substituents is 2. The number of phenols is 2. The Morgan fingerprint density at radius 3 is 2.53 bits per heavy atom. The molecule has 0 atom stereocenters. The normalized spacial score (nSPS) is 11.9. The average molecular weight is 409 g/mol. The van der Waals surface area contributed by atoms with Crippen molar-refractivity contribution in [1.82, 2.24) is 20.2 Å². The number of fused-ring (bicyclic) bond motifs is 2. The van der Waals surface area contributed by atoms with E-state index in [1.165, 1.54) is 0 Å². The summed E-state index contributed by atoms with van der Waals surface area (Å²) in [5.41, 5.74) is 4.56. The topological polar surface area (TPSA) is 108 Å². The number of aromatic amines is 2. The summed E-state index contributed by atoms with van der Waals surface area (Å²) in [6, 6.07) is 7.28. The highest BCUT2D eigenvalue weighted by molar-refractivity contribution is 5.99. The minimum Gasteiger partial charge on any atom is -0.507 e. The molecule has 2 aromatic heterocycles. The molecule has 7 heteroatoms. The molecule has 0 aliphatic rings. The van der Waals surface area contributed by atoms with Crippen LogP contribution in [-0.4, -0.2) is 64.4 Å². The van der Waals surface area contributed by atoms with Gasteiger partial charge in [-0.25, -0.2) is 0 Å². The summed E-state index contributed by atoms with van der Waals surface area (Å²) in [4.78, 5) is 8.21. The highest BCUT2D eigenvalue weighted by Gasteiger charge is 2.19. The summed E-state index contributed by atoms with van der Waals surface area (Å²) in [6.45, 7) is 1.56. The molecule has 0 amide bonds. The highest BCUT2D eigenvalue weighted by atomic mass is 16.3. The van der Waals surface area contributed by atoms with E-state index in [2.05, 4.69) is 15.3 Å². The largest absolute Gasteiger partial charge is 0.507 e. The zero-order valence-corrected chi connectivity index (χ0v) is 17.5. The predicted octanol–water partition coefficient (Wildman–Crippen LogP) is 3.30. The standard InChI is InChI=1S/C23H28N4O3/c1-24-8-6-13-12-25-17-5-4-15(22(29)20(13)17)14-10-18-21(19(28)11-14)16(23(30)26-18)7-9-27(2)3/h4-5,10-12,24-26,28-30H,6-9H2,1-3H3. The number of aromatic nitrogens is 2. The molecule has 0 radical (unpaired) electrons. The third-order valence-electron chi connectivity index (χ3n) is 5.62. The van der Waals surface area contributed by atoms with Crippen LogP contribution in [0.2, 0.25) is 0 Å². The molecule has 30 heavy (non-hydrogen) atoms. The highest BCUT2D eigenvalue weighted by Crippen LogP contribution is 2.42. The van der Waals surface area contributed by atoms with Crippen molar-refractivity contribution < 1.29 is 15.3 Å². The first-order valence-corrected chi connectivity index (χ1v) is 10.1. The van der Waals surface area contributed by atoms with Crippen LogP contribution >= 0.6 is 0 Å². The van der Waals surface area contributed by atoms with Crippen LogP contribution in [0.3, 0.4) is 0 Å². The lowest BCUT2D eigenvalue weighted by molar-refractivity contribution is 0.404. The number of likely N-dealkylation sites (N-methyl/N-ethyl adjacent to an activating group) is 2. The third-order valence-corrected chi connectivity index (χ3v) is 5.62. The summed E-state index contributed by atoms with van der Waals surface area (Å²) in [5, 5.41) is 36.7. The summed E-state index contributed by atoms with van der Waals surface area (Å²) in [7, 11) is 5.83. The maximum absolute atomic E-state index is 11.1. The second-order valence-electron chi connectivity index (χ2n) is 7.98. The Morgan fingerprint density at radius 2 is 1.80 bits per heavy atom. The van der Waals surface area contributed by atoms with Crippen molar-refractivity contribution in [2.24, 2.45) is 0 Å². The van der Waals surface area contributed by atoms with Gasteiger partial charge in [-0.05, 0) is 75.9 Å². The smallest absolute Gasteiger partial charge is 0.192 e. The van der Waals surface area contributed by atoms with E-state index in [4.69, 9.17) is 0 Å². The monoisotopic (exact) mass is 408 g/mol. The van der Waals surface area contributed by atoms with Crippen LogP contribution in [0.5, 0.6) is 17.4 Å². The SMILES string of the molecule is CNCCc1c[nH]c2ccc(-c3cc(O)c4c(CCN(C)C)c(O)[nH]c4c3)c(O)c12. The quantitative estimate of drug-likeness (QED) is 0.281. The van der Waals surface area contributed by atoms with E-state index in [0.717, 1.165) is 36.0 Å². The maximum atomic E-state index is 11.1. The summed E-state index contributed by atoms with van der Waals surface area (Å²) in [6.07, 6.45) is 3.32. The van der Waals surface area contributed by atoms with Gasteiger partial charge in [0, 0.05) is 40.2 Å². The molecule has 0 fully saturated rings. The number of hydrogen-bond acceptors (Lipinski definition) is 5. The number of hydrogen-bond donors (Lipinski definition) is 6. The molecular formula is C23H28N4O3. The van der Waals surface area contributed by atoms with E-state index in [1.54, 1.807) is 6.07 Å². The Kier molecular flexibility index (Phi) is 5.32. The number of nitrogens with one attached hydrogen (secondary N) is 3. The lowest BCUT2D eigenvalue weighted by Gasteiger charge is -2.11. The van der Waals surface area contributed by atoms with Gasteiger partial charge in [-0.3, -0.25) is 0 Å². The molecule has 0 bridgehead atoms. The molecule has 0 saturated carbocycles. The Bertz CT molecular complexity index is 1210. The molecule has 4 rings (SSSR count). The van der Waals surface area contributed by atoms with Gasteiger partial charge in [-0.2, -0.15) is 0 Å². The van der Waals surface area contributed by atoms with Crippen LogP contribution in [0.1, 0.15) is 11.1 Å². The number of nitrogens with zero attached hydrogens (tertiary/aromatic N) is 1.